The molecular weight excluding hydrogens is 172 g/mol. The fraction of sp³-hybridized carbons (Fsp3) is 0.833. The smallest absolute Gasteiger partial charge is 0.0304 e. The highest BCUT2D eigenvalue weighted by atomic mass is 15.0. The average Bonchev–Trinajstić information content (AvgIpc) is 2.45. The van der Waals surface area contributed by atoms with E-state index in [0.717, 1.165) is 19.5 Å². The van der Waals surface area contributed by atoms with Crippen LogP contribution in [0, 0.1) is 0 Å². The molecule has 2 nitrogen and oxygen atoms in total. The second kappa shape index (κ2) is 6.20. The summed E-state index contributed by atoms with van der Waals surface area (Å²) in [6.45, 7) is 5.55. The molecule has 1 aliphatic carbocycles. The number of hydrogen-bond donors (Lipinski definition) is 2. The van der Waals surface area contributed by atoms with Crippen molar-refractivity contribution in [2.75, 3.05) is 13.1 Å². The molecule has 14 heavy (non-hydrogen) atoms. The lowest BCUT2D eigenvalue weighted by atomic mass is 9.90. The minimum absolute atomic E-state index is 0.236. The third kappa shape index (κ3) is 3.43. The van der Waals surface area contributed by atoms with Gasteiger partial charge in [-0.25, -0.2) is 0 Å². The molecule has 1 fully saturated rings. The lowest BCUT2D eigenvalue weighted by Crippen LogP contribution is -2.51. The second-order valence-corrected chi connectivity index (χ2v) is 4.40. The van der Waals surface area contributed by atoms with Gasteiger partial charge in [0.1, 0.15) is 0 Å². The quantitative estimate of drug-likeness (QED) is 0.402. The number of nitrogens with one attached hydrogen (secondary N) is 1. The highest BCUT2D eigenvalue weighted by molar-refractivity contribution is 4.91. The van der Waals surface area contributed by atoms with Crippen molar-refractivity contribution in [1.29, 1.82) is 0 Å². The summed E-state index contributed by atoms with van der Waals surface area (Å²) in [5.41, 5.74) is 6.14. The Kier molecular flexibility index (Phi) is 5.20. The standard InChI is InChI=1S/C12H24N2/c1-2-3-10-14-12(11-13)8-6-4-5-7-9-12/h2,14H,1,3-11,13H2. The van der Waals surface area contributed by atoms with Gasteiger partial charge in [0.2, 0.25) is 0 Å². The van der Waals surface area contributed by atoms with Crippen molar-refractivity contribution in [1.82, 2.24) is 5.32 Å². The summed E-state index contributed by atoms with van der Waals surface area (Å²) >= 11 is 0. The molecule has 0 radical (unpaired) electrons. The molecule has 0 aromatic heterocycles. The Morgan fingerprint density at radius 2 is 1.86 bits per heavy atom. The predicted molar refractivity (Wildman–Crippen MR) is 62.3 cm³/mol. The highest BCUT2D eigenvalue weighted by Gasteiger charge is 2.27. The van der Waals surface area contributed by atoms with Crippen LogP contribution in [0.15, 0.2) is 12.7 Å². The predicted octanol–water partition coefficient (Wildman–Crippen LogP) is 2.20. The maximum Gasteiger partial charge on any atom is 0.0304 e. The molecule has 3 N–H and O–H groups in total. The molecule has 0 spiro atoms. The number of rotatable bonds is 5. The molecule has 2 heteroatoms. The zero-order valence-electron chi connectivity index (χ0n) is 9.23. The van der Waals surface area contributed by atoms with Gasteiger partial charge in [0.15, 0.2) is 0 Å². The van der Waals surface area contributed by atoms with Crippen LogP contribution in [-0.4, -0.2) is 18.6 Å². The zero-order valence-corrected chi connectivity index (χ0v) is 9.23. The van der Waals surface area contributed by atoms with Crippen molar-refractivity contribution in [2.24, 2.45) is 5.73 Å². The van der Waals surface area contributed by atoms with E-state index in [4.69, 9.17) is 5.73 Å². The van der Waals surface area contributed by atoms with Crippen LogP contribution < -0.4 is 11.1 Å². The van der Waals surface area contributed by atoms with E-state index in [-0.39, 0.29) is 5.54 Å². The molecule has 1 aliphatic rings. The lowest BCUT2D eigenvalue weighted by Gasteiger charge is -2.32. The lowest BCUT2D eigenvalue weighted by molar-refractivity contribution is 0.295. The van der Waals surface area contributed by atoms with Gasteiger partial charge in [-0.1, -0.05) is 31.8 Å². The van der Waals surface area contributed by atoms with Gasteiger partial charge < -0.3 is 11.1 Å². The molecule has 0 aromatic rings. The van der Waals surface area contributed by atoms with Gasteiger partial charge in [0.05, 0.1) is 0 Å². The van der Waals surface area contributed by atoms with Crippen LogP contribution >= 0.6 is 0 Å². The Balaban J connectivity index is 2.40. The largest absolute Gasteiger partial charge is 0.329 e. The van der Waals surface area contributed by atoms with Crippen LogP contribution in [0.3, 0.4) is 0 Å². The molecule has 0 bridgehead atoms. The maximum absolute atomic E-state index is 5.90. The Hall–Kier alpha value is -0.340. The summed E-state index contributed by atoms with van der Waals surface area (Å²) in [6, 6.07) is 0. The van der Waals surface area contributed by atoms with Crippen LogP contribution in [-0.2, 0) is 0 Å². The first-order valence-corrected chi connectivity index (χ1v) is 5.89. The third-order valence-electron chi connectivity index (χ3n) is 3.30. The summed E-state index contributed by atoms with van der Waals surface area (Å²) in [7, 11) is 0. The van der Waals surface area contributed by atoms with E-state index in [1.165, 1.54) is 38.5 Å². The first kappa shape index (κ1) is 11.7. The van der Waals surface area contributed by atoms with E-state index in [1.807, 2.05) is 6.08 Å². The molecule has 0 atom stereocenters. The molecule has 0 aliphatic heterocycles. The number of nitrogens with two attached hydrogens (primary N) is 1. The fourth-order valence-electron chi connectivity index (χ4n) is 2.30. The average molecular weight is 196 g/mol. The van der Waals surface area contributed by atoms with Gasteiger partial charge in [0, 0.05) is 12.1 Å². The maximum atomic E-state index is 5.90. The van der Waals surface area contributed by atoms with Gasteiger partial charge in [-0.3, -0.25) is 0 Å². The van der Waals surface area contributed by atoms with Gasteiger partial charge in [-0.2, -0.15) is 0 Å². The monoisotopic (exact) mass is 196 g/mol. The summed E-state index contributed by atoms with van der Waals surface area (Å²) in [5.74, 6) is 0. The van der Waals surface area contributed by atoms with Crippen molar-refractivity contribution in [2.45, 2.75) is 50.5 Å². The highest BCUT2D eigenvalue weighted by Crippen LogP contribution is 2.26. The SMILES string of the molecule is C=CCCNC1(CN)CCCCCC1. The van der Waals surface area contributed by atoms with E-state index in [1.54, 1.807) is 0 Å². The van der Waals surface area contributed by atoms with E-state index in [2.05, 4.69) is 11.9 Å². The Morgan fingerprint density at radius 1 is 1.21 bits per heavy atom. The summed E-state index contributed by atoms with van der Waals surface area (Å²) in [5, 5.41) is 3.63. The summed E-state index contributed by atoms with van der Waals surface area (Å²) in [6.07, 6.45) is 10.9. The molecule has 1 saturated carbocycles. The van der Waals surface area contributed by atoms with E-state index in [9.17, 15) is 0 Å². The molecular formula is C12H24N2. The first-order chi connectivity index (χ1) is 6.83. The Morgan fingerprint density at radius 3 is 2.36 bits per heavy atom. The van der Waals surface area contributed by atoms with Gasteiger partial charge in [-0.05, 0) is 25.8 Å². The van der Waals surface area contributed by atoms with Gasteiger partial charge in [0.25, 0.3) is 0 Å². The second-order valence-electron chi connectivity index (χ2n) is 4.40. The molecule has 0 heterocycles. The van der Waals surface area contributed by atoms with Crippen LogP contribution in [0.25, 0.3) is 0 Å². The van der Waals surface area contributed by atoms with Crippen molar-refractivity contribution in [3.63, 3.8) is 0 Å². The Labute approximate surface area is 87.9 Å². The molecule has 1 rings (SSSR count). The van der Waals surface area contributed by atoms with E-state index in [0.29, 0.717) is 0 Å². The van der Waals surface area contributed by atoms with Crippen LogP contribution in [0.1, 0.15) is 44.9 Å². The van der Waals surface area contributed by atoms with E-state index >= 15 is 0 Å². The van der Waals surface area contributed by atoms with Crippen LogP contribution in [0.4, 0.5) is 0 Å². The van der Waals surface area contributed by atoms with Crippen LogP contribution in [0.5, 0.6) is 0 Å². The van der Waals surface area contributed by atoms with Crippen molar-refractivity contribution >= 4 is 0 Å². The van der Waals surface area contributed by atoms with Crippen molar-refractivity contribution in [3.8, 4) is 0 Å². The van der Waals surface area contributed by atoms with E-state index < -0.39 is 0 Å². The fourth-order valence-corrected chi connectivity index (χ4v) is 2.30. The van der Waals surface area contributed by atoms with Crippen molar-refractivity contribution in [3.05, 3.63) is 12.7 Å². The molecule has 0 amide bonds. The molecule has 0 aromatic carbocycles. The summed E-state index contributed by atoms with van der Waals surface area (Å²) < 4.78 is 0. The van der Waals surface area contributed by atoms with Gasteiger partial charge >= 0.3 is 0 Å². The molecule has 82 valence electrons. The number of hydrogen-bond acceptors (Lipinski definition) is 2. The van der Waals surface area contributed by atoms with Crippen LogP contribution in [0.2, 0.25) is 0 Å². The Bertz CT molecular complexity index is 158. The molecule has 0 unspecified atom stereocenters. The molecule has 0 saturated heterocycles. The zero-order chi connectivity index (χ0) is 10.3. The first-order valence-electron chi connectivity index (χ1n) is 5.89. The minimum Gasteiger partial charge on any atom is -0.329 e. The third-order valence-corrected chi connectivity index (χ3v) is 3.30. The van der Waals surface area contributed by atoms with Crippen molar-refractivity contribution < 1.29 is 0 Å². The topological polar surface area (TPSA) is 38.0 Å². The normalized spacial score (nSPS) is 21.5. The van der Waals surface area contributed by atoms with Gasteiger partial charge in [-0.15, -0.1) is 6.58 Å². The minimum atomic E-state index is 0.236. The summed E-state index contributed by atoms with van der Waals surface area (Å²) in [4.78, 5) is 0.